The van der Waals surface area contributed by atoms with E-state index in [1.807, 2.05) is 13.8 Å². The molecule has 0 saturated heterocycles. The molecule has 0 aliphatic rings. The number of rotatable bonds is 1. The van der Waals surface area contributed by atoms with Crippen molar-refractivity contribution in [1.82, 2.24) is 0 Å². The maximum atomic E-state index is 10.6. The van der Waals surface area contributed by atoms with Gasteiger partial charge in [0.2, 0.25) is 0 Å². The smallest absolute Gasteiger partial charge is 0.316 e. The zero-order valence-electron chi connectivity index (χ0n) is 7.52. The number of primary amides is 1. The number of nitrogens with two attached hydrogens (primary N) is 1. The van der Waals surface area contributed by atoms with Gasteiger partial charge in [-0.2, -0.15) is 0 Å². The normalized spacial score (nSPS) is 9.77. The van der Waals surface area contributed by atoms with E-state index in [1.54, 1.807) is 12.1 Å². The Morgan fingerprint density at radius 1 is 1.38 bits per heavy atom. The van der Waals surface area contributed by atoms with E-state index in [2.05, 4.69) is 5.32 Å². The molecule has 0 radical (unpaired) electrons. The fraction of sp³-hybridized carbons (Fsp3) is 0.222. The average Bonchev–Trinajstić information content (AvgIpc) is 1.98. The molecule has 0 spiro atoms. The third kappa shape index (κ3) is 2.36. The number of amides is 2. The van der Waals surface area contributed by atoms with Crippen LogP contribution in [0, 0.1) is 13.8 Å². The second-order valence-electron chi connectivity index (χ2n) is 2.91. The zero-order valence-corrected chi connectivity index (χ0v) is 8.27. The van der Waals surface area contributed by atoms with Crippen LogP contribution in [-0.4, -0.2) is 6.03 Å². The van der Waals surface area contributed by atoms with Gasteiger partial charge in [0.05, 0.1) is 0 Å². The van der Waals surface area contributed by atoms with Crippen LogP contribution in [0.2, 0.25) is 5.02 Å². The van der Waals surface area contributed by atoms with Crippen molar-refractivity contribution in [2.24, 2.45) is 5.73 Å². The van der Waals surface area contributed by atoms with Crippen LogP contribution in [0.25, 0.3) is 0 Å². The predicted octanol–water partition coefficient (Wildman–Crippen LogP) is 2.45. The molecule has 0 fully saturated rings. The van der Waals surface area contributed by atoms with Crippen molar-refractivity contribution in [3.63, 3.8) is 0 Å². The Morgan fingerprint density at radius 2 is 1.85 bits per heavy atom. The standard InChI is InChI=1S/C9H11ClN2O/c1-5-3-7(12-9(11)13)4-6(2)8(5)10/h3-4H,1-2H3,(H3,11,12,13). The monoisotopic (exact) mass is 198 g/mol. The highest BCUT2D eigenvalue weighted by Crippen LogP contribution is 2.24. The van der Waals surface area contributed by atoms with E-state index < -0.39 is 6.03 Å². The molecule has 3 N–H and O–H groups in total. The first-order valence-corrected chi connectivity index (χ1v) is 4.21. The van der Waals surface area contributed by atoms with Crippen molar-refractivity contribution >= 4 is 23.3 Å². The van der Waals surface area contributed by atoms with Gasteiger partial charge in [0.25, 0.3) is 0 Å². The number of urea groups is 1. The van der Waals surface area contributed by atoms with Gasteiger partial charge < -0.3 is 11.1 Å². The summed E-state index contributed by atoms with van der Waals surface area (Å²) in [5.41, 5.74) is 7.50. The maximum absolute atomic E-state index is 10.6. The molecule has 3 nitrogen and oxygen atoms in total. The summed E-state index contributed by atoms with van der Waals surface area (Å²) in [4.78, 5) is 10.6. The van der Waals surface area contributed by atoms with E-state index in [1.165, 1.54) is 0 Å². The molecule has 70 valence electrons. The van der Waals surface area contributed by atoms with Crippen LogP contribution in [-0.2, 0) is 0 Å². The fourth-order valence-electron chi connectivity index (χ4n) is 1.16. The zero-order chi connectivity index (χ0) is 10.0. The lowest BCUT2D eigenvalue weighted by Gasteiger charge is -2.07. The second kappa shape index (κ2) is 3.66. The minimum atomic E-state index is -0.568. The van der Waals surface area contributed by atoms with Crippen molar-refractivity contribution in [3.8, 4) is 0 Å². The number of hydrogen-bond acceptors (Lipinski definition) is 1. The quantitative estimate of drug-likeness (QED) is 0.716. The van der Waals surface area contributed by atoms with E-state index in [4.69, 9.17) is 17.3 Å². The Labute approximate surface area is 81.9 Å². The molecule has 0 unspecified atom stereocenters. The third-order valence-corrected chi connectivity index (χ3v) is 2.30. The molecule has 0 aliphatic carbocycles. The van der Waals surface area contributed by atoms with E-state index >= 15 is 0 Å². The van der Waals surface area contributed by atoms with E-state index in [0.717, 1.165) is 16.1 Å². The lowest BCUT2D eigenvalue weighted by atomic mass is 10.1. The van der Waals surface area contributed by atoms with E-state index in [-0.39, 0.29) is 0 Å². The average molecular weight is 199 g/mol. The van der Waals surface area contributed by atoms with Crippen molar-refractivity contribution in [3.05, 3.63) is 28.3 Å². The van der Waals surface area contributed by atoms with Crippen LogP contribution in [0.1, 0.15) is 11.1 Å². The largest absolute Gasteiger partial charge is 0.351 e. The van der Waals surface area contributed by atoms with Gasteiger partial charge in [0.1, 0.15) is 0 Å². The summed E-state index contributed by atoms with van der Waals surface area (Å²) in [6, 6.07) is 2.99. The minimum Gasteiger partial charge on any atom is -0.351 e. The van der Waals surface area contributed by atoms with E-state index in [0.29, 0.717) is 5.69 Å². The molecule has 4 heteroatoms. The van der Waals surface area contributed by atoms with Crippen molar-refractivity contribution in [2.75, 3.05) is 5.32 Å². The maximum Gasteiger partial charge on any atom is 0.316 e. The number of halogens is 1. The summed E-state index contributed by atoms with van der Waals surface area (Å²) in [7, 11) is 0. The molecule has 1 aromatic rings. The van der Waals surface area contributed by atoms with Crippen LogP contribution in [0.4, 0.5) is 10.5 Å². The van der Waals surface area contributed by atoms with Crippen LogP contribution in [0.15, 0.2) is 12.1 Å². The molecule has 0 atom stereocenters. The first-order valence-electron chi connectivity index (χ1n) is 3.84. The summed E-state index contributed by atoms with van der Waals surface area (Å²) in [6.07, 6.45) is 0. The van der Waals surface area contributed by atoms with Gasteiger partial charge in [-0.1, -0.05) is 11.6 Å². The molecule has 1 aromatic carbocycles. The minimum absolute atomic E-state index is 0.568. The van der Waals surface area contributed by atoms with Gasteiger partial charge in [-0.15, -0.1) is 0 Å². The molecule has 0 aromatic heterocycles. The number of hydrogen-bond donors (Lipinski definition) is 2. The first-order chi connectivity index (χ1) is 6.00. The van der Waals surface area contributed by atoms with Crippen molar-refractivity contribution < 1.29 is 4.79 Å². The molecular weight excluding hydrogens is 188 g/mol. The molecule has 0 aliphatic heterocycles. The van der Waals surface area contributed by atoms with Crippen molar-refractivity contribution in [2.45, 2.75) is 13.8 Å². The molecule has 1 rings (SSSR count). The Hall–Kier alpha value is -1.22. The first kappa shape index (κ1) is 9.86. The third-order valence-electron chi connectivity index (χ3n) is 1.70. The van der Waals surface area contributed by atoms with Crippen molar-refractivity contribution in [1.29, 1.82) is 0 Å². The Bertz CT molecular complexity index is 326. The summed E-state index contributed by atoms with van der Waals surface area (Å²) >= 11 is 5.94. The fourth-order valence-corrected chi connectivity index (χ4v) is 1.27. The highest BCUT2D eigenvalue weighted by Gasteiger charge is 2.03. The Kier molecular flexibility index (Phi) is 2.78. The van der Waals surface area contributed by atoms with Gasteiger partial charge in [-0.3, -0.25) is 0 Å². The second-order valence-corrected chi connectivity index (χ2v) is 3.29. The molecule has 0 heterocycles. The topological polar surface area (TPSA) is 55.1 Å². The lowest BCUT2D eigenvalue weighted by Crippen LogP contribution is -2.19. The number of benzene rings is 1. The predicted molar refractivity (Wildman–Crippen MR) is 54.1 cm³/mol. The summed E-state index contributed by atoms with van der Waals surface area (Å²) in [6.45, 7) is 3.75. The number of nitrogens with one attached hydrogen (secondary N) is 1. The van der Waals surface area contributed by atoms with Crippen LogP contribution in [0.3, 0.4) is 0 Å². The number of anilines is 1. The van der Waals surface area contributed by atoms with Crippen LogP contribution in [0.5, 0.6) is 0 Å². The van der Waals surface area contributed by atoms with Gasteiger partial charge in [0.15, 0.2) is 0 Å². The number of carbonyl (C=O) groups is 1. The van der Waals surface area contributed by atoms with Crippen LogP contribution < -0.4 is 11.1 Å². The van der Waals surface area contributed by atoms with Gasteiger partial charge >= 0.3 is 6.03 Å². The number of aryl methyl sites for hydroxylation is 2. The summed E-state index contributed by atoms with van der Waals surface area (Å²) in [5, 5.41) is 3.21. The highest BCUT2D eigenvalue weighted by molar-refractivity contribution is 6.32. The summed E-state index contributed by atoms with van der Waals surface area (Å²) < 4.78 is 0. The highest BCUT2D eigenvalue weighted by atomic mass is 35.5. The lowest BCUT2D eigenvalue weighted by molar-refractivity contribution is 0.259. The molecule has 2 amide bonds. The molecular formula is C9H11ClN2O. The Morgan fingerprint density at radius 3 is 2.23 bits per heavy atom. The molecule has 0 bridgehead atoms. The Balaban J connectivity index is 3.06. The summed E-state index contributed by atoms with van der Waals surface area (Å²) in [5.74, 6) is 0. The van der Waals surface area contributed by atoms with E-state index in [9.17, 15) is 4.79 Å². The van der Waals surface area contributed by atoms with Gasteiger partial charge in [-0.05, 0) is 37.1 Å². The van der Waals surface area contributed by atoms with Gasteiger partial charge in [-0.25, -0.2) is 4.79 Å². The van der Waals surface area contributed by atoms with Crippen LogP contribution >= 0.6 is 11.6 Å². The number of carbonyl (C=O) groups excluding carboxylic acids is 1. The molecule has 0 saturated carbocycles. The van der Waals surface area contributed by atoms with Gasteiger partial charge in [0, 0.05) is 10.7 Å². The SMILES string of the molecule is Cc1cc(NC(N)=O)cc(C)c1Cl. The molecule has 13 heavy (non-hydrogen) atoms.